The molecular weight excluding hydrogens is 236 g/mol. The summed E-state index contributed by atoms with van der Waals surface area (Å²) in [5.41, 5.74) is 0.665. The largest absolute Gasteiger partial charge is 0.493 e. The molecule has 3 nitrogen and oxygen atoms in total. The van der Waals surface area contributed by atoms with Crippen LogP contribution in [0.3, 0.4) is 0 Å². The molecule has 86 valence electrons. The highest BCUT2D eigenvalue weighted by Gasteiger charge is 2.04. The Bertz CT molecular complexity index is 493. The third-order valence-corrected chi connectivity index (χ3v) is 2.21. The van der Waals surface area contributed by atoms with Gasteiger partial charge in [-0.05, 0) is 30.7 Å². The van der Waals surface area contributed by atoms with Crippen molar-refractivity contribution in [3.8, 4) is 17.9 Å². The minimum Gasteiger partial charge on any atom is -0.493 e. The SMILES string of the molecule is CCCOc1ccc(Cl)cc1C=C(C#N)C#N. The number of hydrogen-bond donors (Lipinski definition) is 0. The molecule has 0 amide bonds. The minimum atomic E-state index is 0.0219. The fourth-order valence-electron chi connectivity index (χ4n) is 1.22. The topological polar surface area (TPSA) is 56.8 Å². The van der Waals surface area contributed by atoms with Crippen LogP contribution in [0.25, 0.3) is 6.08 Å². The molecule has 0 unspecified atom stereocenters. The zero-order valence-corrected chi connectivity index (χ0v) is 10.2. The molecule has 1 aromatic carbocycles. The summed E-state index contributed by atoms with van der Waals surface area (Å²) in [7, 11) is 0. The van der Waals surface area contributed by atoms with Crippen LogP contribution in [0.15, 0.2) is 23.8 Å². The zero-order valence-electron chi connectivity index (χ0n) is 9.40. The smallest absolute Gasteiger partial charge is 0.130 e. The van der Waals surface area contributed by atoms with Gasteiger partial charge in [0.2, 0.25) is 0 Å². The lowest BCUT2D eigenvalue weighted by Gasteiger charge is -2.08. The van der Waals surface area contributed by atoms with E-state index in [9.17, 15) is 0 Å². The van der Waals surface area contributed by atoms with E-state index in [0.717, 1.165) is 6.42 Å². The molecular formula is C13H11ClN2O. The van der Waals surface area contributed by atoms with Crippen molar-refractivity contribution in [1.29, 1.82) is 10.5 Å². The number of ether oxygens (including phenoxy) is 1. The fourth-order valence-corrected chi connectivity index (χ4v) is 1.40. The normalized spacial score (nSPS) is 8.94. The van der Waals surface area contributed by atoms with Gasteiger partial charge >= 0.3 is 0 Å². The zero-order chi connectivity index (χ0) is 12.7. The number of halogens is 1. The summed E-state index contributed by atoms with van der Waals surface area (Å²) < 4.78 is 5.51. The first-order valence-electron chi connectivity index (χ1n) is 5.15. The summed E-state index contributed by atoms with van der Waals surface area (Å²) in [6, 6.07) is 8.72. The van der Waals surface area contributed by atoms with E-state index in [-0.39, 0.29) is 5.57 Å². The fraction of sp³-hybridized carbons (Fsp3) is 0.231. The van der Waals surface area contributed by atoms with Gasteiger partial charge in [0.15, 0.2) is 0 Å². The van der Waals surface area contributed by atoms with Gasteiger partial charge in [-0.1, -0.05) is 18.5 Å². The third kappa shape index (κ3) is 3.83. The number of nitriles is 2. The van der Waals surface area contributed by atoms with Gasteiger partial charge in [-0.3, -0.25) is 0 Å². The van der Waals surface area contributed by atoms with Crippen LogP contribution < -0.4 is 4.74 Å². The predicted octanol–water partition coefficient (Wildman–Crippen LogP) is 3.56. The molecule has 17 heavy (non-hydrogen) atoms. The summed E-state index contributed by atoms with van der Waals surface area (Å²) >= 11 is 5.87. The Balaban J connectivity index is 3.12. The molecule has 0 bridgehead atoms. The maximum Gasteiger partial charge on any atom is 0.130 e. The van der Waals surface area contributed by atoms with Crippen molar-refractivity contribution in [3.05, 3.63) is 34.4 Å². The second-order valence-corrected chi connectivity index (χ2v) is 3.75. The molecule has 0 aliphatic heterocycles. The molecule has 1 rings (SSSR count). The summed E-state index contributed by atoms with van der Waals surface area (Å²) in [4.78, 5) is 0. The number of nitrogens with zero attached hydrogens (tertiary/aromatic N) is 2. The number of hydrogen-bond acceptors (Lipinski definition) is 3. The van der Waals surface area contributed by atoms with Crippen molar-refractivity contribution < 1.29 is 4.74 Å². The number of benzene rings is 1. The van der Waals surface area contributed by atoms with Crippen molar-refractivity contribution in [2.75, 3.05) is 6.61 Å². The molecule has 0 spiro atoms. The summed E-state index contributed by atoms with van der Waals surface area (Å²) in [5.74, 6) is 0.624. The first-order chi connectivity index (χ1) is 8.21. The highest BCUT2D eigenvalue weighted by Crippen LogP contribution is 2.25. The Hall–Kier alpha value is -1.97. The Morgan fingerprint density at radius 3 is 2.71 bits per heavy atom. The molecule has 0 N–H and O–H groups in total. The second kappa shape index (κ2) is 6.58. The van der Waals surface area contributed by atoms with Gasteiger partial charge in [-0.15, -0.1) is 0 Å². The third-order valence-electron chi connectivity index (χ3n) is 1.97. The van der Waals surface area contributed by atoms with Crippen LogP contribution in [0, 0.1) is 22.7 Å². The minimum absolute atomic E-state index is 0.0219. The molecule has 0 aromatic heterocycles. The average Bonchev–Trinajstić information content (AvgIpc) is 2.35. The van der Waals surface area contributed by atoms with Gasteiger partial charge in [0.05, 0.1) is 6.61 Å². The van der Waals surface area contributed by atoms with E-state index in [1.54, 1.807) is 30.3 Å². The number of allylic oxidation sites excluding steroid dienone is 1. The highest BCUT2D eigenvalue weighted by atomic mass is 35.5. The van der Waals surface area contributed by atoms with Crippen LogP contribution in [-0.2, 0) is 0 Å². The molecule has 0 fully saturated rings. The maximum atomic E-state index is 8.71. The first kappa shape index (κ1) is 13.1. The summed E-state index contributed by atoms with van der Waals surface area (Å²) in [6.45, 7) is 2.58. The Morgan fingerprint density at radius 2 is 2.12 bits per heavy atom. The molecule has 0 heterocycles. The molecule has 0 aliphatic carbocycles. The quantitative estimate of drug-likeness (QED) is 0.764. The highest BCUT2D eigenvalue weighted by molar-refractivity contribution is 6.30. The molecule has 1 aromatic rings. The first-order valence-corrected chi connectivity index (χ1v) is 5.53. The van der Waals surface area contributed by atoms with Gasteiger partial charge < -0.3 is 4.74 Å². The van der Waals surface area contributed by atoms with E-state index in [1.807, 2.05) is 6.92 Å². The molecule has 0 atom stereocenters. The van der Waals surface area contributed by atoms with Crippen molar-refractivity contribution in [1.82, 2.24) is 0 Å². The molecule has 0 saturated heterocycles. The average molecular weight is 247 g/mol. The Morgan fingerprint density at radius 1 is 1.41 bits per heavy atom. The van der Waals surface area contributed by atoms with Gasteiger partial charge in [-0.2, -0.15) is 10.5 Å². The molecule has 0 aliphatic rings. The van der Waals surface area contributed by atoms with E-state index >= 15 is 0 Å². The Labute approximate surface area is 105 Å². The van der Waals surface area contributed by atoms with Crippen LogP contribution >= 0.6 is 11.6 Å². The van der Waals surface area contributed by atoms with Gasteiger partial charge in [0.1, 0.15) is 23.5 Å². The van der Waals surface area contributed by atoms with Crippen LogP contribution in [0.4, 0.5) is 0 Å². The van der Waals surface area contributed by atoms with Gasteiger partial charge in [0, 0.05) is 10.6 Å². The van der Waals surface area contributed by atoms with E-state index < -0.39 is 0 Å². The maximum absolute atomic E-state index is 8.71. The van der Waals surface area contributed by atoms with Crippen molar-refractivity contribution in [3.63, 3.8) is 0 Å². The predicted molar refractivity (Wildman–Crippen MR) is 66.4 cm³/mol. The van der Waals surface area contributed by atoms with Gasteiger partial charge in [-0.25, -0.2) is 0 Å². The van der Waals surface area contributed by atoms with E-state index in [0.29, 0.717) is 22.9 Å². The van der Waals surface area contributed by atoms with E-state index in [1.165, 1.54) is 6.08 Å². The second-order valence-electron chi connectivity index (χ2n) is 3.31. The lowest BCUT2D eigenvalue weighted by Crippen LogP contribution is -1.96. The van der Waals surface area contributed by atoms with Crippen LogP contribution in [0.2, 0.25) is 5.02 Å². The van der Waals surface area contributed by atoms with Crippen molar-refractivity contribution in [2.24, 2.45) is 0 Å². The van der Waals surface area contributed by atoms with Crippen molar-refractivity contribution >= 4 is 17.7 Å². The van der Waals surface area contributed by atoms with Gasteiger partial charge in [0.25, 0.3) is 0 Å². The summed E-state index contributed by atoms with van der Waals surface area (Å²) in [6.07, 6.45) is 2.35. The molecule has 4 heteroatoms. The summed E-state index contributed by atoms with van der Waals surface area (Å²) in [5, 5.41) is 18.0. The number of rotatable bonds is 4. The van der Waals surface area contributed by atoms with E-state index in [4.69, 9.17) is 26.9 Å². The molecule has 0 radical (unpaired) electrons. The van der Waals surface area contributed by atoms with Crippen LogP contribution in [0.1, 0.15) is 18.9 Å². The standard InChI is InChI=1S/C13H11ClN2O/c1-2-5-17-13-4-3-12(14)7-11(13)6-10(8-15)9-16/h3-4,6-7H,2,5H2,1H3. The van der Waals surface area contributed by atoms with Crippen LogP contribution in [0.5, 0.6) is 5.75 Å². The molecule has 0 saturated carbocycles. The lowest BCUT2D eigenvalue weighted by atomic mass is 10.1. The van der Waals surface area contributed by atoms with Crippen LogP contribution in [-0.4, -0.2) is 6.61 Å². The lowest BCUT2D eigenvalue weighted by molar-refractivity contribution is 0.317. The Kier molecular flexibility index (Phi) is 5.07. The van der Waals surface area contributed by atoms with E-state index in [2.05, 4.69) is 0 Å². The van der Waals surface area contributed by atoms with Crippen molar-refractivity contribution in [2.45, 2.75) is 13.3 Å². The monoisotopic (exact) mass is 246 g/mol.